The number of aryl methyl sites for hydroxylation is 1. The minimum Gasteiger partial charge on any atom is -0.494 e. The van der Waals surface area contributed by atoms with Crippen molar-refractivity contribution in [3.05, 3.63) is 64.7 Å². The summed E-state index contributed by atoms with van der Waals surface area (Å²) in [7, 11) is 1.80. The van der Waals surface area contributed by atoms with Gasteiger partial charge < -0.3 is 15.0 Å². The van der Waals surface area contributed by atoms with Crippen LogP contribution in [0.1, 0.15) is 24.0 Å². The Morgan fingerprint density at radius 3 is 2.44 bits per heavy atom. The van der Waals surface area contributed by atoms with Crippen LogP contribution in [-0.4, -0.2) is 31.1 Å². The van der Waals surface area contributed by atoms with Gasteiger partial charge in [0.05, 0.1) is 6.61 Å². The summed E-state index contributed by atoms with van der Waals surface area (Å²) in [6, 6.07) is 15.5. The normalized spacial score (nSPS) is 10.4. The summed E-state index contributed by atoms with van der Waals surface area (Å²) in [5.74, 6) is 0.811. The third kappa shape index (κ3) is 7.06. The molecule has 0 saturated heterocycles. The molecule has 0 fully saturated rings. The lowest BCUT2D eigenvalue weighted by Gasteiger charge is -2.18. The molecule has 2 aromatic rings. The molecule has 25 heavy (non-hydrogen) atoms. The first-order valence-corrected chi connectivity index (χ1v) is 8.85. The highest BCUT2D eigenvalue weighted by molar-refractivity contribution is 6.30. The minimum absolute atomic E-state index is 0.0563. The fraction of sp³-hybridized carbons (Fsp3) is 0.350. The maximum absolute atomic E-state index is 12.1. The van der Waals surface area contributed by atoms with Crippen LogP contribution in [0.2, 0.25) is 5.02 Å². The number of rotatable bonds is 8. The molecular formula is C20H25ClN2O2. The summed E-state index contributed by atoms with van der Waals surface area (Å²) in [4.78, 5) is 13.8. The van der Waals surface area contributed by atoms with E-state index in [0.29, 0.717) is 24.7 Å². The molecule has 134 valence electrons. The molecule has 0 bridgehead atoms. The van der Waals surface area contributed by atoms with Gasteiger partial charge in [-0.1, -0.05) is 41.4 Å². The SMILES string of the molecule is Cc1ccc(CN(C)C(=O)NCCCCOc2ccc(Cl)cc2)cc1. The fourth-order valence-electron chi connectivity index (χ4n) is 2.32. The number of amides is 2. The van der Waals surface area contributed by atoms with E-state index in [9.17, 15) is 4.79 Å². The van der Waals surface area contributed by atoms with E-state index in [1.165, 1.54) is 5.56 Å². The molecule has 2 aromatic carbocycles. The van der Waals surface area contributed by atoms with Gasteiger partial charge in [-0.05, 0) is 49.6 Å². The second kappa shape index (κ2) is 9.94. The standard InChI is InChI=1S/C20H25ClN2O2/c1-16-5-7-17(8-6-16)15-23(2)20(24)22-13-3-4-14-25-19-11-9-18(21)10-12-19/h5-12H,3-4,13-15H2,1-2H3,(H,22,24). The number of nitrogens with one attached hydrogen (secondary N) is 1. The minimum atomic E-state index is -0.0563. The first kappa shape index (κ1) is 19.1. The second-order valence-electron chi connectivity index (χ2n) is 6.08. The average Bonchev–Trinajstić information content (AvgIpc) is 2.61. The van der Waals surface area contributed by atoms with Crippen LogP contribution in [-0.2, 0) is 6.54 Å². The maximum Gasteiger partial charge on any atom is 0.317 e. The molecule has 0 atom stereocenters. The average molecular weight is 361 g/mol. The van der Waals surface area contributed by atoms with Crippen molar-refractivity contribution in [1.82, 2.24) is 10.2 Å². The Balaban J connectivity index is 1.58. The van der Waals surface area contributed by atoms with E-state index in [1.807, 2.05) is 24.3 Å². The Labute approximate surface area is 154 Å². The molecule has 2 rings (SSSR count). The van der Waals surface area contributed by atoms with E-state index in [2.05, 4.69) is 24.4 Å². The van der Waals surface area contributed by atoms with Gasteiger partial charge in [0.1, 0.15) is 5.75 Å². The number of carbonyl (C=O) groups is 1. The van der Waals surface area contributed by atoms with Gasteiger partial charge in [0.25, 0.3) is 0 Å². The van der Waals surface area contributed by atoms with Crippen molar-refractivity contribution >= 4 is 17.6 Å². The van der Waals surface area contributed by atoms with Crippen molar-refractivity contribution in [3.8, 4) is 5.75 Å². The van der Waals surface area contributed by atoms with E-state index >= 15 is 0 Å². The van der Waals surface area contributed by atoms with E-state index in [0.717, 1.165) is 24.2 Å². The molecule has 0 aromatic heterocycles. The maximum atomic E-state index is 12.1. The Kier molecular flexibility index (Phi) is 7.61. The van der Waals surface area contributed by atoms with Gasteiger partial charge in [-0.25, -0.2) is 4.79 Å². The second-order valence-corrected chi connectivity index (χ2v) is 6.52. The van der Waals surface area contributed by atoms with Crippen LogP contribution in [0, 0.1) is 6.92 Å². The molecule has 5 heteroatoms. The fourth-order valence-corrected chi connectivity index (χ4v) is 2.44. The highest BCUT2D eigenvalue weighted by atomic mass is 35.5. The van der Waals surface area contributed by atoms with Gasteiger partial charge in [-0.15, -0.1) is 0 Å². The van der Waals surface area contributed by atoms with Gasteiger partial charge in [0.15, 0.2) is 0 Å². The molecule has 0 spiro atoms. The first-order chi connectivity index (χ1) is 12.0. The molecule has 0 saturated carbocycles. The lowest BCUT2D eigenvalue weighted by atomic mass is 10.1. The summed E-state index contributed by atoms with van der Waals surface area (Å²) < 4.78 is 5.62. The smallest absolute Gasteiger partial charge is 0.317 e. The highest BCUT2D eigenvalue weighted by Crippen LogP contribution is 2.15. The van der Waals surface area contributed by atoms with Gasteiger partial charge in [0.2, 0.25) is 0 Å². The lowest BCUT2D eigenvalue weighted by Crippen LogP contribution is -2.37. The topological polar surface area (TPSA) is 41.6 Å². The van der Waals surface area contributed by atoms with Crippen LogP contribution in [0.15, 0.2) is 48.5 Å². The zero-order chi connectivity index (χ0) is 18.1. The van der Waals surface area contributed by atoms with E-state index < -0.39 is 0 Å². The molecule has 0 heterocycles. The van der Waals surface area contributed by atoms with E-state index in [1.54, 1.807) is 24.1 Å². The van der Waals surface area contributed by atoms with Crippen molar-refractivity contribution in [2.75, 3.05) is 20.2 Å². The lowest BCUT2D eigenvalue weighted by molar-refractivity contribution is 0.206. The number of unbranched alkanes of at least 4 members (excludes halogenated alkanes) is 1. The Hall–Kier alpha value is -2.20. The van der Waals surface area contributed by atoms with Gasteiger partial charge in [-0.3, -0.25) is 0 Å². The van der Waals surface area contributed by atoms with Crippen molar-refractivity contribution in [2.45, 2.75) is 26.3 Å². The van der Waals surface area contributed by atoms with Gasteiger partial charge in [0, 0.05) is 25.2 Å². The zero-order valence-electron chi connectivity index (χ0n) is 14.8. The summed E-state index contributed by atoms with van der Waals surface area (Å²) >= 11 is 5.83. The van der Waals surface area contributed by atoms with Crippen molar-refractivity contribution in [2.24, 2.45) is 0 Å². The first-order valence-electron chi connectivity index (χ1n) is 8.47. The van der Waals surface area contributed by atoms with Gasteiger partial charge in [-0.2, -0.15) is 0 Å². The van der Waals surface area contributed by atoms with Crippen LogP contribution in [0.4, 0.5) is 4.79 Å². The van der Waals surface area contributed by atoms with Crippen LogP contribution in [0.5, 0.6) is 5.75 Å². The predicted molar refractivity (Wildman–Crippen MR) is 102 cm³/mol. The van der Waals surface area contributed by atoms with Crippen LogP contribution < -0.4 is 10.1 Å². The quantitative estimate of drug-likeness (QED) is 0.696. The molecule has 4 nitrogen and oxygen atoms in total. The number of hydrogen-bond acceptors (Lipinski definition) is 2. The molecule has 2 amide bonds. The highest BCUT2D eigenvalue weighted by Gasteiger charge is 2.08. The molecule has 0 aliphatic heterocycles. The summed E-state index contributed by atoms with van der Waals surface area (Å²) in [6.45, 7) is 3.92. The Morgan fingerprint density at radius 2 is 1.76 bits per heavy atom. The van der Waals surface area contributed by atoms with Crippen LogP contribution in [0.3, 0.4) is 0 Å². The summed E-state index contributed by atoms with van der Waals surface area (Å²) in [5.41, 5.74) is 2.34. The van der Waals surface area contributed by atoms with Crippen molar-refractivity contribution in [1.29, 1.82) is 0 Å². The monoisotopic (exact) mass is 360 g/mol. The molecule has 0 aliphatic rings. The molecule has 0 radical (unpaired) electrons. The molecule has 0 unspecified atom stereocenters. The number of urea groups is 1. The van der Waals surface area contributed by atoms with Gasteiger partial charge >= 0.3 is 6.03 Å². The Bertz CT molecular complexity index is 656. The van der Waals surface area contributed by atoms with E-state index in [4.69, 9.17) is 16.3 Å². The summed E-state index contributed by atoms with van der Waals surface area (Å²) in [6.07, 6.45) is 1.75. The third-order valence-corrected chi connectivity index (χ3v) is 4.07. The molecule has 0 aliphatic carbocycles. The largest absolute Gasteiger partial charge is 0.494 e. The molecule has 1 N–H and O–H groups in total. The van der Waals surface area contributed by atoms with Crippen molar-refractivity contribution in [3.63, 3.8) is 0 Å². The molecular weight excluding hydrogens is 336 g/mol. The van der Waals surface area contributed by atoms with Crippen LogP contribution in [0.25, 0.3) is 0 Å². The number of halogens is 1. The summed E-state index contributed by atoms with van der Waals surface area (Å²) in [5, 5.41) is 3.63. The van der Waals surface area contributed by atoms with E-state index in [-0.39, 0.29) is 6.03 Å². The Morgan fingerprint density at radius 1 is 1.08 bits per heavy atom. The zero-order valence-corrected chi connectivity index (χ0v) is 15.6. The van der Waals surface area contributed by atoms with Crippen LogP contribution >= 0.6 is 11.6 Å². The number of benzene rings is 2. The third-order valence-electron chi connectivity index (χ3n) is 3.82. The predicted octanol–water partition coefficient (Wildman–Crippen LogP) is 4.65. The number of hydrogen-bond donors (Lipinski definition) is 1. The number of nitrogens with zero attached hydrogens (tertiary/aromatic N) is 1. The van der Waals surface area contributed by atoms with Crippen molar-refractivity contribution < 1.29 is 9.53 Å². The number of carbonyl (C=O) groups excluding carboxylic acids is 1. The number of ether oxygens (including phenoxy) is 1.